The maximum atomic E-state index is 5.76. The summed E-state index contributed by atoms with van der Waals surface area (Å²) in [5.41, 5.74) is 9.63. The Morgan fingerprint density at radius 2 is 2.00 bits per heavy atom. The summed E-state index contributed by atoms with van der Waals surface area (Å²) in [7, 11) is 0. The summed E-state index contributed by atoms with van der Waals surface area (Å²) < 4.78 is 0. The van der Waals surface area contributed by atoms with Crippen molar-refractivity contribution in [3.63, 3.8) is 0 Å². The van der Waals surface area contributed by atoms with E-state index in [1.807, 2.05) is 6.07 Å². The highest BCUT2D eigenvalue weighted by atomic mass is 15.3. The zero-order chi connectivity index (χ0) is 12.4. The Hall–Kier alpha value is -1.94. The number of rotatable bonds is 2. The molecule has 0 saturated carbocycles. The van der Waals surface area contributed by atoms with Crippen molar-refractivity contribution in [2.24, 2.45) is 5.73 Å². The van der Waals surface area contributed by atoms with Crippen LogP contribution in [0.4, 0.5) is 5.82 Å². The zero-order valence-corrected chi connectivity index (χ0v) is 10.2. The third kappa shape index (κ3) is 1.95. The minimum Gasteiger partial charge on any atom is -0.350 e. The number of anilines is 1. The Morgan fingerprint density at radius 3 is 2.83 bits per heavy atom. The molecule has 0 radical (unpaired) electrons. The molecule has 0 bridgehead atoms. The molecule has 1 aromatic carbocycles. The van der Waals surface area contributed by atoms with E-state index in [4.69, 9.17) is 5.73 Å². The van der Waals surface area contributed by atoms with Crippen LogP contribution in [0, 0.1) is 0 Å². The Labute approximate surface area is 106 Å². The van der Waals surface area contributed by atoms with E-state index in [2.05, 4.69) is 39.4 Å². The zero-order valence-electron chi connectivity index (χ0n) is 10.2. The second kappa shape index (κ2) is 4.74. The van der Waals surface area contributed by atoms with Crippen LogP contribution in [0.5, 0.6) is 0 Å². The SMILES string of the molecule is NCc1ccnnc1N1CCc2ccccc2C1. The highest BCUT2D eigenvalue weighted by Gasteiger charge is 2.19. The maximum absolute atomic E-state index is 5.76. The van der Waals surface area contributed by atoms with Crippen molar-refractivity contribution in [2.75, 3.05) is 11.4 Å². The summed E-state index contributed by atoms with van der Waals surface area (Å²) in [5.74, 6) is 0.925. The molecule has 4 heteroatoms. The second-order valence-electron chi connectivity index (χ2n) is 4.52. The van der Waals surface area contributed by atoms with Gasteiger partial charge in [-0.25, -0.2) is 0 Å². The number of aromatic nitrogens is 2. The van der Waals surface area contributed by atoms with Crippen molar-refractivity contribution < 1.29 is 0 Å². The van der Waals surface area contributed by atoms with E-state index in [-0.39, 0.29) is 0 Å². The molecule has 0 amide bonds. The lowest BCUT2D eigenvalue weighted by molar-refractivity contribution is 0.706. The van der Waals surface area contributed by atoms with Crippen LogP contribution >= 0.6 is 0 Å². The quantitative estimate of drug-likeness (QED) is 0.864. The second-order valence-corrected chi connectivity index (χ2v) is 4.52. The Kier molecular flexibility index (Phi) is 2.94. The number of hydrogen-bond donors (Lipinski definition) is 1. The average Bonchev–Trinajstić information content (AvgIpc) is 2.46. The van der Waals surface area contributed by atoms with Crippen molar-refractivity contribution in [2.45, 2.75) is 19.5 Å². The van der Waals surface area contributed by atoms with Gasteiger partial charge in [-0.05, 0) is 23.6 Å². The van der Waals surface area contributed by atoms with Gasteiger partial charge >= 0.3 is 0 Å². The first kappa shape index (κ1) is 11.2. The van der Waals surface area contributed by atoms with Gasteiger partial charge in [0.2, 0.25) is 0 Å². The fourth-order valence-electron chi connectivity index (χ4n) is 2.45. The van der Waals surface area contributed by atoms with E-state index in [1.54, 1.807) is 6.20 Å². The maximum Gasteiger partial charge on any atom is 0.156 e. The summed E-state index contributed by atoms with van der Waals surface area (Å²) in [4.78, 5) is 2.26. The first-order valence-electron chi connectivity index (χ1n) is 6.21. The molecule has 1 aliphatic rings. The monoisotopic (exact) mass is 240 g/mol. The van der Waals surface area contributed by atoms with Gasteiger partial charge in [0, 0.05) is 25.2 Å². The van der Waals surface area contributed by atoms with Gasteiger partial charge in [-0.15, -0.1) is 5.10 Å². The fraction of sp³-hybridized carbons (Fsp3) is 0.286. The van der Waals surface area contributed by atoms with Crippen molar-refractivity contribution in [3.05, 3.63) is 53.2 Å². The van der Waals surface area contributed by atoms with Crippen LogP contribution < -0.4 is 10.6 Å². The summed E-state index contributed by atoms with van der Waals surface area (Å²) in [5, 5.41) is 8.22. The van der Waals surface area contributed by atoms with Crippen LogP contribution in [-0.4, -0.2) is 16.7 Å². The van der Waals surface area contributed by atoms with Crippen LogP contribution in [0.2, 0.25) is 0 Å². The molecule has 0 saturated heterocycles. The van der Waals surface area contributed by atoms with Crippen LogP contribution in [0.25, 0.3) is 0 Å². The van der Waals surface area contributed by atoms with Crippen molar-refractivity contribution in [3.8, 4) is 0 Å². The summed E-state index contributed by atoms with van der Waals surface area (Å²) >= 11 is 0. The van der Waals surface area contributed by atoms with Crippen molar-refractivity contribution >= 4 is 5.82 Å². The number of hydrogen-bond acceptors (Lipinski definition) is 4. The van der Waals surface area contributed by atoms with E-state index >= 15 is 0 Å². The van der Waals surface area contributed by atoms with E-state index in [9.17, 15) is 0 Å². The topological polar surface area (TPSA) is 55.0 Å². The highest BCUT2D eigenvalue weighted by Crippen LogP contribution is 2.24. The lowest BCUT2D eigenvalue weighted by Gasteiger charge is -2.30. The van der Waals surface area contributed by atoms with E-state index in [1.165, 1.54) is 11.1 Å². The Balaban J connectivity index is 1.92. The molecule has 3 rings (SSSR count). The minimum absolute atomic E-state index is 0.503. The first-order valence-corrected chi connectivity index (χ1v) is 6.21. The van der Waals surface area contributed by atoms with Crippen LogP contribution in [0.15, 0.2) is 36.5 Å². The molecule has 0 aliphatic carbocycles. The lowest BCUT2D eigenvalue weighted by Crippen LogP contribution is -2.32. The molecule has 0 fully saturated rings. The van der Waals surface area contributed by atoms with Crippen LogP contribution in [0.3, 0.4) is 0 Å². The molecule has 92 valence electrons. The van der Waals surface area contributed by atoms with Gasteiger partial charge in [-0.2, -0.15) is 5.10 Å². The first-order chi connectivity index (χ1) is 8.88. The Morgan fingerprint density at radius 1 is 1.17 bits per heavy atom. The van der Waals surface area contributed by atoms with Crippen LogP contribution in [0.1, 0.15) is 16.7 Å². The molecule has 2 heterocycles. The molecular weight excluding hydrogens is 224 g/mol. The third-order valence-electron chi connectivity index (χ3n) is 3.43. The van der Waals surface area contributed by atoms with Gasteiger partial charge < -0.3 is 10.6 Å². The van der Waals surface area contributed by atoms with Crippen LogP contribution in [-0.2, 0) is 19.5 Å². The van der Waals surface area contributed by atoms with Gasteiger partial charge in [0.15, 0.2) is 5.82 Å². The standard InChI is InChI=1S/C14H16N4/c15-9-12-5-7-16-17-14(12)18-8-6-11-3-1-2-4-13(11)10-18/h1-5,7H,6,8-10,15H2. The smallest absolute Gasteiger partial charge is 0.156 e. The highest BCUT2D eigenvalue weighted by molar-refractivity contribution is 5.48. The minimum atomic E-state index is 0.503. The number of nitrogens with zero attached hydrogens (tertiary/aromatic N) is 3. The summed E-state index contributed by atoms with van der Waals surface area (Å²) in [6, 6.07) is 10.5. The molecule has 0 spiro atoms. The fourth-order valence-corrected chi connectivity index (χ4v) is 2.45. The Bertz CT molecular complexity index is 553. The van der Waals surface area contributed by atoms with Gasteiger partial charge in [0.1, 0.15) is 0 Å². The van der Waals surface area contributed by atoms with E-state index in [0.29, 0.717) is 6.54 Å². The van der Waals surface area contributed by atoms with Gasteiger partial charge in [0.25, 0.3) is 0 Å². The molecule has 18 heavy (non-hydrogen) atoms. The summed E-state index contributed by atoms with van der Waals surface area (Å²) in [6.45, 7) is 2.37. The lowest BCUT2D eigenvalue weighted by atomic mass is 10.00. The summed E-state index contributed by atoms with van der Waals surface area (Å²) in [6.07, 6.45) is 2.75. The van der Waals surface area contributed by atoms with E-state index in [0.717, 1.165) is 30.9 Å². The van der Waals surface area contributed by atoms with Gasteiger partial charge in [-0.1, -0.05) is 24.3 Å². The molecule has 1 aromatic heterocycles. The molecular formula is C14H16N4. The number of fused-ring (bicyclic) bond motifs is 1. The number of benzene rings is 1. The molecule has 4 nitrogen and oxygen atoms in total. The van der Waals surface area contributed by atoms with Gasteiger partial charge in [0.05, 0.1) is 6.20 Å². The normalized spacial score (nSPS) is 14.4. The largest absolute Gasteiger partial charge is 0.350 e. The van der Waals surface area contributed by atoms with Crippen molar-refractivity contribution in [1.82, 2.24) is 10.2 Å². The number of nitrogens with two attached hydrogens (primary N) is 1. The molecule has 1 aliphatic heterocycles. The predicted octanol–water partition coefficient (Wildman–Crippen LogP) is 1.50. The molecule has 2 N–H and O–H groups in total. The average molecular weight is 240 g/mol. The van der Waals surface area contributed by atoms with E-state index < -0.39 is 0 Å². The molecule has 0 atom stereocenters. The van der Waals surface area contributed by atoms with Gasteiger partial charge in [-0.3, -0.25) is 0 Å². The predicted molar refractivity (Wildman–Crippen MR) is 71.1 cm³/mol. The molecule has 0 unspecified atom stereocenters. The van der Waals surface area contributed by atoms with Crippen molar-refractivity contribution in [1.29, 1.82) is 0 Å². The molecule has 2 aromatic rings. The third-order valence-corrected chi connectivity index (χ3v) is 3.43.